The van der Waals surface area contributed by atoms with E-state index in [1.54, 1.807) is 12.4 Å². The van der Waals surface area contributed by atoms with Gasteiger partial charge in [0.1, 0.15) is 44.7 Å². The third kappa shape index (κ3) is 21.7. The molecule has 1 atom stereocenters. The van der Waals surface area contributed by atoms with Gasteiger partial charge in [-0.25, -0.2) is 4.57 Å². The second kappa shape index (κ2) is 46.0. The Morgan fingerprint density at radius 3 is 1.86 bits per heavy atom. The smallest absolute Gasteiger partial charge is 0.294 e. The number of aliphatic hydroxyl groups excluding tert-OH is 1. The number of rotatable bonds is 10. The Morgan fingerprint density at radius 2 is 1.17 bits per heavy atom. The van der Waals surface area contributed by atoms with Crippen molar-refractivity contribution in [2.45, 2.75) is 120 Å². The normalized spacial score (nSPS) is 14.0. The van der Waals surface area contributed by atoms with Crippen molar-refractivity contribution in [2.24, 2.45) is 0 Å². The molecule has 0 saturated carbocycles. The van der Waals surface area contributed by atoms with E-state index in [1.807, 2.05) is 115 Å². The molecule has 7 aliphatic heterocycles. The number of fused-ring (bicyclic) bond motifs is 16. The Hall–Kier alpha value is -15.5. The minimum atomic E-state index is -0.411. The van der Waals surface area contributed by atoms with E-state index in [1.165, 1.54) is 130 Å². The number of ketones is 1. The minimum Gasteiger partial charge on any atom is -0.527 e. The molecule has 1 unspecified atom stereocenters. The molecule has 0 bridgehead atoms. The second-order valence-electron chi connectivity index (χ2n) is 35.1. The van der Waals surface area contributed by atoms with Crippen LogP contribution in [0.2, 0.25) is 0 Å². The number of para-hydroxylation sites is 3. The Labute approximate surface area is 872 Å². The van der Waals surface area contributed by atoms with Crippen LogP contribution in [0.3, 0.4) is 0 Å². The van der Waals surface area contributed by atoms with Crippen LogP contribution in [0.15, 0.2) is 437 Å². The van der Waals surface area contributed by atoms with Gasteiger partial charge in [0.15, 0.2) is 18.5 Å². The maximum absolute atomic E-state index is 10.0. The van der Waals surface area contributed by atoms with Gasteiger partial charge in [-0.2, -0.15) is 9.13 Å². The molecule has 6 aromatic heterocycles. The van der Waals surface area contributed by atoms with Gasteiger partial charge in [-0.05, 0) is 161 Å². The molecule has 142 heavy (non-hydrogen) atoms. The number of imidazole rings is 1. The standard InChI is InChI=1S/C27H18N.C22H25N2.C18H16N3.C15H10NO.C14H12N2.C12H10N.C11H8N.C5H8O2.2CH4.2Ir/c1-4-10-20(11-5-1)23-16-17-26-25(18-23)24(21-12-6-2-7-13-21)19-27(28-26)22-14-8-3-9-15-22;1-15(2)18-10-7-11-19(16(3)4)21(18)24-13-12-23-14-17-8-5-6-9-20(17)22(23)24;1-11(2)21-19-17-15-8-4-3-7-13(15)14-9-5-6-12-10-20(21)18(17)16(12)14;1-11-13(14-7-4-5-9-16-14)10-12-6-2-3-8-15(12)17-11;1-2-7-13-11(5-1)9-14-15-8-4-3-6-12(15)10-16(13)14;1-2-6-11-10(5-1)9-13-8-4-3-7-12(11)13;1-2-6-10(7-3-1)11-8-4-5-9-12-11;1-4(6)3-5(2)7;;;;/h1-14,16-19H;5-13,15-16H,14H2,1-4H3;3-9,11H,10H2,1-2H3;2-9H,1H2;1-8,10,14H,9H2;1-8H,9H2;1-6,8-9H;3,6H,1-2H3;2*1H4;;/q-1;2*+1;-1;;+1;-1;;;;;/i;;;;;1D,2D,3D,4D,5D,6D,7D,8D;;;;;;. The van der Waals surface area contributed by atoms with Gasteiger partial charge in [0.25, 0.3) is 11.3 Å². The summed E-state index contributed by atoms with van der Waals surface area (Å²) in [5.41, 5.74) is 27.8. The average Bonchev–Trinajstić information content (AvgIpc) is 1.54. The number of ether oxygens (including phenoxy) is 1. The molecule has 13 heterocycles. The number of aromatic nitrogens is 9. The van der Waals surface area contributed by atoms with Crippen LogP contribution in [-0.4, -0.2) is 51.4 Å². The molecule has 26 rings (SSSR count). The zero-order chi connectivity index (χ0) is 102. The van der Waals surface area contributed by atoms with E-state index in [4.69, 9.17) is 30.9 Å². The molecule has 16 heteroatoms. The number of benzene rings is 13. The molecule has 0 amide bonds. The topological polar surface area (TPSA) is 126 Å². The van der Waals surface area contributed by atoms with Crippen LogP contribution >= 0.6 is 0 Å². The second-order valence-corrected chi connectivity index (χ2v) is 35.1. The van der Waals surface area contributed by atoms with Gasteiger partial charge >= 0.3 is 0 Å². The molecular formula is C126H115Ir2N11O3. The molecule has 0 spiro atoms. The first-order valence-corrected chi connectivity index (χ1v) is 46.5. The fourth-order valence-corrected chi connectivity index (χ4v) is 18.5. The van der Waals surface area contributed by atoms with Crippen molar-refractivity contribution >= 4 is 60.5 Å². The number of nitrogens with zero attached hydrogens (tertiary/aromatic N) is 11. The summed E-state index contributed by atoms with van der Waals surface area (Å²) in [5, 5.41) is 19.7. The number of hydrogen-bond acceptors (Lipinski definition) is 9. The van der Waals surface area contributed by atoms with Crippen molar-refractivity contribution in [1.29, 1.82) is 0 Å². The number of pyridine rings is 4. The summed E-state index contributed by atoms with van der Waals surface area (Å²) in [6, 6.07) is 109. The van der Waals surface area contributed by atoms with Crippen molar-refractivity contribution in [1.82, 2.24) is 34.3 Å². The van der Waals surface area contributed by atoms with Crippen molar-refractivity contribution in [3.63, 3.8) is 0 Å². The third-order valence-corrected chi connectivity index (χ3v) is 24.8. The van der Waals surface area contributed by atoms with Crippen LogP contribution in [0.5, 0.6) is 5.75 Å². The summed E-state index contributed by atoms with van der Waals surface area (Å²) in [4.78, 5) is 30.3. The van der Waals surface area contributed by atoms with E-state index < -0.39 is 12.1 Å². The van der Waals surface area contributed by atoms with Crippen LogP contribution in [0, 0.1) is 18.2 Å². The Morgan fingerprint density at radius 1 is 0.549 bits per heavy atom. The quantitative estimate of drug-likeness (QED) is 0.0468. The molecule has 7 aliphatic rings. The number of hydrogen-bond donors (Lipinski definition) is 1. The molecule has 0 aliphatic carbocycles. The molecule has 710 valence electrons. The first-order chi connectivity index (χ1) is 70.8. The Balaban J connectivity index is 0.000000130. The van der Waals surface area contributed by atoms with Gasteiger partial charge in [0.2, 0.25) is 11.2 Å². The van der Waals surface area contributed by atoms with Crippen molar-refractivity contribution in [2.75, 3.05) is 4.90 Å². The first-order valence-electron chi connectivity index (χ1n) is 50.5. The molecule has 14 nitrogen and oxygen atoms in total. The largest absolute Gasteiger partial charge is 0.527 e. The summed E-state index contributed by atoms with van der Waals surface area (Å²) < 4.78 is 76.6. The van der Waals surface area contributed by atoms with Crippen molar-refractivity contribution in [3.8, 4) is 78.9 Å². The Bertz CT molecular complexity index is 8260. The van der Waals surface area contributed by atoms with E-state index in [0.717, 1.165) is 81.0 Å². The SMILES string of the molecule is C.C.C1=CC2=CN3c4ccccc4CC3N2C=C1.C=C1Oc2ccccc2[C-]=C1c1ccccn1.CC(=O)C=C(C)O.CC(C)c1cccc(C(C)C)c1-n1cc[n+]2c1-c1ccccc1C2.CC(C)n1nc2c3ccccc3c3cccc4c3c2[n+]1C4.[2H]c1c([2H])c([2H])c2c(c1[2H])C[n+]1c([2H])c([2H])c([2H])c([2H])c1-2.[Ir].[Ir].[c-]1ccccc1-c1cc(-c2ccccc2)c2cc(-c3ccccc3)ccc2n1.[c-]1ccccc1-c1ccccn1. The average molecular weight is 2220 g/mol. The Kier molecular flexibility index (Phi) is 29.3. The number of carbonyl (C=O) groups is 1. The van der Waals surface area contributed by atoms with Gasteiger partial charge in [0.05, 0.1) is 49.2 Å². The minimum absolute atomic E-state index is 0. The van der Waals surface area contributed by atoms with Crippen LogP contribution in [0.1, 0.15) is 144 Å². The molecule has 1 N–H and O–H groups in total. The van der Waals surface area contributed by atoms with E-state index in [-0.39, 0.29) is 121 Å². The maximum atomic E-state index is 10.0. The van der Waals surface area contributed by atoms with E-state index >= 15 is 0 Å². The summed E-state index contributed by atoms with van der Waals surface area (Å²) in [7, 11) is 0. The van der Waals surface area contributed by atoms with Crippen molar-refractivity contribution < 1.29 is 79.6 Å². The third-order valence-electron chi connectivity index (χ3n) is 24.8. The van der Waals surface area contributed by atoms with Gasteiger partial charge in [0, 0.05) is 150 Å². The van der Waals surface area contributed by atoms with Crippen molar-refractivity contribution in [3.05, 3.63) is 500 Å². The molecule has 19 aromatic rings. The van der Waals surface area contributed by atoms with Crippen LogP contribution in [0.25, 0.3) is 122 Å². The van der Waals surface area contributed by atoms with Crippen LogP contribution in [-0.2, 0) is 71.1 Å². The van der Waals surface area contributed by atoms with Gasteiger partial charge in [-0.3, -0.25) is 14.8 Å². The predicted octanol–water partition coefficient (Wildman–Crippen LogP) is 28.3. The van der Waals surface area contributed by atoms with E-state index in [9.17, 15) is 4.79 Å². The molecule has 2 radical (unpaired) electrons. The first kappa shape index (κ1) is 90.3. The molecule has 0 fully saturated rings. The number of allylic oxidation sites excluding steroid dienone is 6. The van der Waals surface area contributed by atoms with Gasteiger partial charge in [-0.1, -0.05) is 291 Å². The predicted molar refractivity (Wildman–Crippen MR) is 571 cm³/mol. The summed E-state index contributed by atoms with van der Waals surface area (Å²) in [6.45, 7) is 22.2. The monoisotopic (exact) mass is 2220 g/mol. The molecule has 0 saturated heterocycles. The zero-order valence-corrected chi connectivity index (χ0v) is 83.6. The fraction of sp³-hybridized carbons (Fsp3) is 0.143. The van der Waals surface area contributed by atoms with E-state index in [0.29, 0.717) is 35.4 Å². The van der Waals surface area contributed by atoms with Crippen LogP contribution < -0.4 is 23.5 Å². The fourth-order valence-electron chi connectivity index (χ4n) is 18.5. The van der Waals surface area contributed by atoms with Crippen LogP contribution in [0.4, 0.5) is 5.69 Å². The number of anilines is 1. The summed E-state index contributed by atoms with van der Waals surface area (Å²) in [6.07, 6.45) is 24.5. The summed E-state index contributed by atoms with van der Waals surface area (Å²) in [5.74, 6) is 3.62. The van der Waals surface area contributed by atoms with Gasteiger partial charge in [-0.15, -0.1) is 88.6 Å². The van der Waals surface area contributed by atoms with E-state index in [2.05, 4.69) is 336 Å². The molecule has 13 aromatic carbocycles. The summed E-state index contributed by atoms with van der Waals surface area (Å²) >= 11 is 0. The maximum Gasteiger partial charge on any atom is 0.294 e. The number of carbonyl (C=O) groups excluding carboxylic acids is 1. The zero-order valence-electron chi connectivity index (χ0n) is 86.8. The van der Waals surface area contributed by atoms with Gasteiger partial charge < -0.3 is 24.6 Å². The number of aliphatic hydroxyl groups is 1. The molecular weight excluding hydrogens is 2100 g/mol.